The minimum atomic E-state index is 0.666. The molecule has 3 nitrogen and oxygen atoms in total. The van der Waals surface area contributed by atoms with Gasteiger partial charge >= 0.3 is 0 Å². The molecule has 9 aromatic rings. The molecule has 0 aliphatic heterocycles. The van der Waals surface area contributed by atoms with Crippen molar-refractivity contribution in [1.29, 1.82) is 0 Å². The number of allylic oxidation sites excluding steroid dienone is 4. The average molecular weight is 714 g/mol. The molecule has 3 heteroatoms. The molecule has 0 fully saturated rings. The Balaban J connectivity index is 1.01. The van der Waals surface area contributed by atoms with Gasteiger partial charge in [0.25, 0.3) is 0 Å². The van der Waals surface area contributed by atoms with Crippen molar-refractivity contribution in [2.24, 2.45) is 0 Å². The van der Waals surface area contributed by atoms with Crippen molar-refractivity contribution >= 4 is 27.1 Å². The van der Waals surface area contributed by atoms with Crippen molar-refractivity contribution < 1.29 is 0 Å². The van der Waals surface area contributed by atoms with Gasteiger partial charge in [-0.25, -0.2) is 15.0 Å². The molecule has 0 radical (unpaired) electrons. The van der Waals surface area contributed by atoms with E-state index in [0.717, 1.165) is 40.7 Å². The maximum atomic E-state index is 5.00. The molecule has 262 valence electrons. The SMILES string of the molecule is C1=CC(c2nc(-c3ccccc3)nc(-c3cccc(-c4cccc(-c5cc6c(c7ccccc57)Cc5ccc(-c7cccc8ccccc78)cc5-6)c4)c3)n2)=CC1. The fourth-order valence-corrected chi connectivity index (χ4v) is 8.60. The Morgan fingerprint density at radius 2 is 1.00 bits per heavy atom. The molecule has 0 saturated heterocycles. The number of nitrogens with zero attached hydrogens (tertiary/aromatic N) is 3. The Kier molecular flexibility index (Phi) is 7.63. The van der Waals surface area contributed by atoms with E-state index in [1.54, 1.807) is 0 Å². The van der Waals surface area contributed by atoms with E-state index in [-0.39, 0.29) is 0 Å². The van der Waals surface area contributed by atoms with Crippen LogP contribution in [0.4, 0.5) is 0 Å². The Labute approximate surface area is 326 Å². The fourth-order valence-electron chi connectivity index (χ4n) is 8.60. The largest absolute Gasteiger partial charge is 0.208 e. The molecule has 0 amide bonds. The van der Waals surface area contributed by atoms with E-state index in [4.69, 9.17) is 15.0 Å². The second-order valence-corrected chi connectivity index (χ2v) is 14.7. The number of rotatable bonds is 6. The molecule has 0 unspecified atom stereocenters. The van der Waals surface area contributed by atoms with E-state index in [2.05, 4.69) is 170 Å². The zero-order valence-corrected chi connectivity index (χ0v) is 30.7. The van der Waals surface area contributed by atoms with Gasteiger partial charge in [0, 0.05) is 16.7 Å². The Morgan fingerprint density at radius 3 is 1.82 bits per heavy atom. The molecule has 0 saturated carbocycles. The second kappa shape index (κ2) is 13.3. The third-order valence-electron chi connectivity index (χ3n) is 11.3. The van der Waals surface area contributed by atoms with Crippen LogP contribution < -0.4 is 0 Å². The molecule has 0 N–H and O–H groups in total. The molecule has 56 heavy (non-hydrogen) atoms. The van der Waals surface area contributed by atoms with E-state index < -0.39 is 0 Å². The van der Waals surface area contributed by atoms with Gasteiger partial charge in [0.05, 0.1) is 0 Å². The Morgan fingerprint density at radius 1 is 0.375 bits per heavy atom. The maximum absolute atomic E-state index is 5.00. The van der Waals surface area contributed by atoms with Crippen LogP contribution in [0.25, 0.3) is 94.4 Å². The molecular weight excluding hydrogens is 679 g/mol. The lowest BCUT2D eigenvalue weighted by Crippen LogP contribution is -2.02. The topological polar surface area (TPSA) is 38.7 Å². The highest BCUT2D eigenvalue weighted by Gasteiger charge is 2.24. The van der Waals surface area contributed by atoms with Crippen molar-refractivity contribution in [3.05, 3.63) is 205 Å². The van der Waals surface area contributed by atoms with Crippen LogP contribution in [0.2, 0.25) is 0 Å². The van der Waals surface area contributed by atoms with Gasteiger partial charge in [-0.2, -0.15) is 0 Å². The first-order valence-electron chi connectivity index (χ1n) is 19.3. The predicted molar refractivity (Wildman–Crippen MR) is 232 cm³/mol. The van der Waals surface area contributed by atoms with Crippen LogP contribution in [-0.2, 0) is 6.42 Å². The van der Waals surface area contributed by atoms with Crippen molar-refractivity contribution in [3.63, 3.8) is 0 Å². The summed E-state index contributed by atoms with van der Waals surface area (Å²) in [6.07, 6.45) is 8.23. The molecule has 0 bridgehead atoms. The molecule has 8 aromatic carbocycles. The summed E-state index contributed by atoms with van der Waals surface area (Å²) in [6.45, 7) is 0. The van der Waals surface area contributed by atoms with Crippen molar-refractivity contribution in [2.45, 2.75) is 12.8 Å². The number of fused-ring (bicyclic) bond motifs is 6. The smallest absolute Gasteiger partial charge is 0.164 e. The normalized spacial score (nSPS) is 12.9. The minimum Gasteiger partial charge on any atom is -0.208 e. The Hall–Kier alpha value is -7.23. The first-order valence-corrected chi connectivity index (χ1v) is 19.3. The lowest BCUT2D eigenvalue weighted by Gasteiger charge is -2.14. The highest BCUT2D eigenvalue weighted by atomic mass is 15.0. The van der Waals surface area contributed by atoms with Crippen molar-refractivity contribution in [1.82, 2.24) is 15.0 Å². The van der Waals surface area contributed by atoms with Crippen LogP contribution in [0.15, 0.2) is 188 Å². The van der Waals surface area contributed by atoms with Gasteiger partial charge < -0.3 is 0 Å². The highest BCUT2D eigenvalue weighted by molar-refractivity contribution is 6.06. The highest BCUT2D eigenvalue weighted by Crippen LogP contribution is 2.46. The second-order valence-electron chi connectivity index (χ2n) is 14.7. The summed E-state index contributed by atoms with van der Waals surface area (Å²) in [6, 6.07) is 61.4. The van der Waals surface area contributed by atoms with Gasteiger partial charge in [-0.05, 0) is 114 Å². The van der Waals surface area contributed by atoms with Gasteiger partial charge in [-0.1, -0.05) is 164 Å². The van der Waals surface area contributed by atoms with Gasteiger partial charge in [-0.15, -0.1) is 0 Å². The number of benzene rings is 8. The Bertz CT molecular complexity index is 3080. The lowest BCUT2D eigenvalue weighted by atomic mass is 9.89. The van der Waals surface area contributed by atoms with E-state index in [9.17, 15) is 0 Å². The fraction of sp³-hybridized carbons (Fsp3) is 0.0377. The van der Waals surface area contributed by atoms with E-state index in [1.165, 1.54) is 66.1 Å². The molecule has 1 heterocycles. The zero-order chi connectivity index (χ0) is 37.0. The monoisotopic (exact) mass is 713 g/mol. The maximum Gasteiger partial charge on any atom is 0.164 e. The summed E-state index contributed by atoms with van der Waals surface area (Å²) in [7, 11) is 0. The predicted octanol–water partition coefficient (Wildman–Crippen LogP) is 13.4. The van der Waals surface area contributed by atoms with Gasteiger partial charge in [0.15, 0.2) is 17.5 Å². The third-order valence-corrected chi connectivity index (χ3v) is 11.3. The lowest BCUT2D eigenvalue weighted by molar-refractivity contribution is 1.04. The molecule has 1 aromatic heterocycles. The van der Waals surface area contributed by atoms with Gasteiger partial charge in [-0.3, -0.25) is 0 Å². The number of hydrogen-bond donors (Lipinski definition) is 0. The third kappa shape index (κ3) is 5.56. The first-order chi connectivity index (χ1) is 27.7. The quantitative estimate of drug-likeness (QED) is 0.172. The molecule has 0 atom stereocenters. The average Bonchev–Trinajstić information content (AvgIpc) is 3.95. The van der Waals surface area contributed by atoms with Crippen LogP contribution in [0.3, 0.4) is 0 Å². The zero-order valence-electron chi connectivity index (χ0n) is 30.7. The number of hydrogen-bond acceptors (Lipinski definition) is 3. The standard InChI is InChI=1S/C53H35N3/c1-2-14-35(15-3-1)51-54-52(36-16-4-5-17-36)56-53(55-51)42-22-11-20-38(30-42)37-19-10-21-39(29-37)48-33-50-47-31-40(44-26-12-18-34-13-6-7-23-43(34)44)27-28-41(47)32-49(50)46-25-9-8-24-45(46)48/h1-4,6-31,33H,5,32H2. The summed E-state index contributed by atoms with van der Waals surface area (Å²) < 4.78 is 0. The number of aromatic nitrogens is 3. The van der Waals surface area contributed by atoms with Crippen LogP contribution in [-0.4, -0.2) is 15.0 Å². The summed E-state index contributed by atoms with van der Waals surface area (Å²) in [5, 5.41) is 5.14. The van der Waals surface area contributed by atoms with Crippen LogP contribution >= 0.6 is 0 Å². The minimum absolute atomic E-state index is 0.666. The van der Waals surface area contributed by atoms with Crippen molar-refractivity contribution in [2.75, 3.05) is 0 Å². The van der Waals surface area contributed by atoms with Crippen LogP contribution in [0.5, 0.6) is 0 Å². The molecule has 2 aliphatic rings. The summed E-state index contributed by atoms with van der Waals surface area (Å²) >= 11 is 0. The summed E-state index contributed by atoms with van der Waals surface area (Å²) in [5.74, 6) is 2.04. The van der Waals surface area contributed by atoms with E-state index in [1.807, 2.05) is 18.2 Å². The van der Waals surface area contributed by atoms with Crippen LogP contribution in [0.1, 0.15) is 23.4 Å². The van der Waals surface area contributed by atoms with Gasteiger partial charge in [0.2, 0.25) is 0 Å². The summed E-state index contributed by atoms with van der Waals surface area (Å²) in [4.78, 5) is 14.9. The molecule has 0 spiro atoms. The van der Waals surface area contributed by atoms with Crippen LogP contribution in [0, 0.1) is 0 Å². The molecule has 2 aliphatic carbocycles. The van der Waals surface area contributed by atoms with E-state index >= 15 is 0 Å². The molecular formula is C53H35N3. The molecule has 11 rings (SSSR count). The van der Waals surface area contributed by atoms with Crippen molar-refractivity contribution in [3.8, 4) is 67.3 Å². The summed E-state index contributed by atoms with van der Waals surface area (Å²) in [5.41, 5.74) is 15.6. The van der Waals surface area contributed by atoms with E-state index in [0.29, 0.717) is 17.5 Å². The van der Waals surface area contributed by atoms with Gasteiger partial charge in [0.1, 0.15) is 0 Å². The first kappa shape index (κ1) is 32.2.